The van der Waals surface area contributed by atoms with Gasteiger partial charge in [-0.05, 0) is 35.9 Å². The molecule has 0 bridgehead atoms. The number of carbonyl (C=O) groups excluding carboxylic acids is 1. The zero-order chi connectivity index (χ0) is 16.1. The Hall–Kier alpha value is -2.50. The van der Waals surface area contributed by atoms with Crippen LogP contribution < -0.4 is 4.74 Å². The van der Waals surface area contributed by atoms with E-state index in [-0.39, 0.29) is 23.8 Å². The second-order valence-electron chi connectivity index (χ2n) is 4.69. The number of alkyl halides is 2. The molecular weight excluding hydrogens is 295 g/mol. The molecule has 116 valence electrons. The van der Waals surface area contributed by atoms with E-state index in [0.717, 1.165) is 5.56 Å². The number of amides is 1. The molecule has 2 rings (SSSR count). The average Bonchev–Trinajstić information content (AvgIpc) is 2.48. The summed E-state index contributed by atoms with van der Waals surface area (Å²) < 4.78 is 41.5. The summed E-state index contributed by atoms with van der Waals surface area (Å²) in [5.74, 6) is -0.752. The van der Waals surface area contributed by atoms with Crippen molar-refractivity contribution in [1.29, 1.82) is 0 Å². The van der Waals surface area contributed by atoms with E-state index in [0.29, 0.717) is 0 Å². The van der Waals surface area contributed by atoms with Crippen molar-refractivity contribution in [1.82, 2.24) is 4.90 Å². The van der Waals surface area contributed by atoms with Gasteiger partial charge in [-0.3, -0.25) is 4.79 Å². The third kappa shape index (κ3) is 4.25. The second-order valence-corrected chi connectivity index (χ2v) is 4.69. The molecule has 0 saturated carbocycles. The molecule has 22 heavy (non-hydrogen) atoms. The Bertz CT molecular complexity index is 644. The first-order valence-electron chi connectivity index (χ1n) is 6.50. The van der Waals surface area contributed by atoms with Gasteiger partial charge in [0.1, 0.15) is 11.6 Å². The minimum absolute atomic E-state index is 0.0536. The van der Waals surface area contributed by atoms with Gasteiger partial charge in [0.15, 0.2) is 0 Å². The first-order chi connectivity index (χ1) is 10.5. The van der Waals surface area contributed by atoms with Gasteiger partial charge in [0.25, 0.3) is 5.91 Å². The molecule has 2 aromatic carbocycles. The topological polar surface area (TPSA) is 29.5 Å². The van der Waals surface area contributed by atoms with Crippen LogP contribution in [0.15, 0.2) is 48.5 Å². The fourth-order valence-electron chi connectivity index (χ4n) is 1.96. The number of benzene rings is 2. The highest BCUT2D eigenvalue weighted by Gasteiger charge is 2.13. The molecule has 0 aromatic heterocycles. The van der Waals surface area contributed by atoms with Crippen LogP contribution >= 0.6 is 0 Å². The van der Waals surface area contributed by atoms with Crippen molar-refractivity contribution in [3.63, 3.8) is 0 Å². The van der Waals surface area contributed by atoms with E-state index in [1.54, 1.807) is 19.2 Å². The smallest absolute Gasteiger partial charge is 0.387 e. The first kappa shape index (κ1) is 15.9. The van der Waals surface area contributed by atoms with Gasteiger partial charge in [0.2, 0.25) is 0 Å². The number of ether oxygens (including phenoxy) is 1. The summed E-state index contributed by atoms with van der Waals surface area (Å²) >= 11 is 0. The summed E-state index contributed by atoms with van der Waals surface area (Å²) in [4.78, 5) is 13.6. The molecule has 0 atom stereocenters. The van der Waals surface area contributed by atoms with E-state index in [4.69, 9.17) is 0 Å². The lowest BCUT2D eigenvalue weighted by Crippen LogP contribution is -2.26. The van der Waals surface area contributed by atoms with Crippen LogP contribution in [-0.4, -0.2) is 24.5 Å². The van der Waals surface area contributed by atoms with Crippen LogP contribution in [0.2, 0.25) is 0 Å². The largest absolute Gasteiger partial charge is 0.435 e. The van der Waals surface area contributed by atoms with Gasteiger partial charge in [-0.15, -0.1) is 0 Å². The molecule has 0 aliphatic rings. The van der Waals surface area contributed by atoms with Crippen LogP contribution in [-0.2, 0) is 6.54 Å². The lowest BCUT2D eigenvalue weighted by Gasteiger charge is -2.17. The summed E-state index contributed by atoms with van der Waals surface area (Å²) in [5.41, 5.74) is 0.994. The van der Waals surface area contributed by atoms with Crippen LogP contribution in [0.1, 0.15) is 15.9 Å². The molecule has 0 aliphatic heterocycles. The van der Waals surface area contributed by atoms with Gasteiger partial charge in [0, 0.05) is 19.2 Å². The molecule has 0 spiro atoms. The van der Waals surface area contributed by atoms with E-state index in [2.05, 4.69) is 4.74 Å². The molecule has 0 radical (unpaired) electrons. The number of nitrogens with zero attached hydrogens (tertiary/aromatic N) is 1. The molecule has 3 nitrogen and oxygen atoms in total. The molecule has 0 unspecified atom stereocenters. The first-order valence-corrected chi connectivity index (χ1v) is 6.50. The number of hydrogen-bond acceptors (Lipinski definition) is 2. The molecule has 0 fully saturated rings. The zero-order valence-electron chi connectivity index (χ0n) is 11.8. The highest BCUT2D eigenvalue weighted by molar-refractivity contribution is 5.94. The Morgan fingerprint density at radius 2 is 1.86 bits per heavy atom. The van der Waals surface area contributed by atoms with Crippen LogP contribution in [0.4, 0.5) is 13.2 Å². The fourth-order valence-corrected chi connectivity index (χ4v) is 1.96. The summed E-state index contributed by atoms with van der Waals surface area (Å²) in [6.07, 6.45) is 0. The quantitative estimate of drug-likeness (QED) is 0.843. The minimum Gasteiger partial charge on any atom is -0.435 e. The zero-order valence-corrected chi connectivity index (χ0v) is 11.8. The third-order valence-electron chi connectivity index (χ3n) is 2.99. The van der Waals surface area contributed by atoms with Crippen molar-refractivity contribution in [3.8, 4) is 5.75 Å². The van der Waals surface area contributed by atoms with Crippen LogP contribution in [0.25, 0.3) is 0 Å². The Morgan fingerprint density at radius 3 is 2.45 bits per heavy atom. The lowest BCUT2D eigenvalue weighted by atomic mass is 10.1. The van der Waals surface area contributed by atoms with Crippen molar-refractivity contribution in [2.45, 2.75) is 13.2 Å². The number of hydrogen-bond donors (Lipinski definition) is 0. The maximum Gasteiger partial charge on any atom is 0.387 e. The SMILES string of the molecule is CN(Cc1ccc(OC(F)F)cc1)C(=O)c1cccc(F)c1. The maximum absolute atomic E-state index is 13.1. The van der Waals surface area contributed by atoms with Crippen molar-refractivity contribution >= 4 is 5.91 Å². The van der Waals surface area contributed by atoms with Crippen molar-refractivity contribution in [3.05, 3.63) is 65.5 Å². The van der Waals surface area contributed by atoms with E-state index in [9.17, 15) is 18.0 Å². The van der Waals surface area contributed by atoms with Crippen LogP contribution in [0, 0.1) is 5.82 Å². The Balaban J connectivity index is 2.02. The van der Waals surface area contributed by atoms with E-state index >= 15 is 0 Å². The van der Waals surface area contributed by atoms with Gasteiger partial charge >= 0.3 is 6.61 Å². The maximum atomic E-state index is 13.1. The lowest BCUT2D eigenvalue weighted by molar-refractivity contribution is -0.0498. The Labute approximate surface area is 125 Å². The molecular formula is C16H14F3NO2. The van der Waals surface area contributed by atoms with Crippen LogP contribution in [0.5, 0.6) is 5.75 Å². The Kier molecular flexibility index (Phi) is 5.04. The number of carbonyl (C=O) groups is 1. The standard InChI is InChI=1S/C16H14F3NO2/c1-20(15(21)12-3-2-4-13(17)9-12)10-11-5-7-14(8-6-11)22-16(18)19/h2-9,16H,10H2,1H3. The summed E-state index contributed by atoms with van der Waals surface area (Å²) in [6, 6.07) is 11.4. The molecule has 6 heteroatoms. The second kappa shape index (κ2) is 6.98. The van der Waals surface area contributed by atoms with Gasteiger partial charge < -0.3 is 9.64 Å². The predicted molar refractivity (Wildman–Crippen MR) is 75.3 cm³/mol. The van der Waals surface area contributed by atoms with Gasteiger partial charge in [-0.2, -0.15) is 8.78 Å². The van der Waals surface area contributed by atoms with Gasteiger partial charge in [-0.1, -0.05) is 18.2 Å². The van der Waals surface area contributed by atoms with Crippen molar-refractivity contribution in [2.75, 3.05) is 7.05 Å². The molecule has 0 heterocycles. The normalized spacial score (nSPS) is 10.6. The predicted octanol–water partition coefficient (Wildman–Crippen LogP) is 3.70. The third-order valence-corrected chi connectivity index (χ3v) is 2.99. The molecule has 0 saturated heterocycles. The van der Waals surface area contributed by atoms with Crippen LogP contribution in [0.3, 0.4) is 0 Å². The summed E-state index contributed by atoms with van der Waals surface area (Å²) in [6.45, 7) is -2.60. The van der Waals surface area contributed by atoms with Gasteiger partial charge in [-0.25, -0.2) is 4.39 Å². The summed E-state index contributed by atoms with van der Waals surface area (Å²) in [7, 11) is 1.58. The average molecular weight is 309 g/mol. The fraction of sp³-hybridized carbons (Fsp3) is 0.188. The van der Waals surface area contributed by atoms with E-state index in [1.165, 1.54) is 41.3 Å². The van der Waals surface area contributed by atoms with E-state index in [1.807, 2.05) is 0 Å². The number of halogens is 3. The monoisotopic (exact) mass is 309 g/mol. The molecule has 1 amide bonds. The molecule has 0 N–H and O–H groups in total. The van der Waals surface area contributed by atoms with E-state index < -0.39 is 12.4 Å². The van der Waals surface area contributed by atoms with Crippen molar-refractivity contribution < 1.29 is 22.7 Å². The van der Waals surface area contributed by atoms with Crippen molar-refractivity contribution in [2.24, 2.45) is 0 Å². The number of rotatable bonds is 5. The Morgan fingerprint density at radius 1 is 1.18 bits per heavy atom. The highest BCUT2D eigenvalue weighted by Crippen LogP contribution is 2.16. The minimum atomic E-state index is -2.87. The highest BCUT2D eigenvalue weighted by atomic mass is 19.3. The van der Waals surface area contributed by atoms with Gasteiger partial charge in [0.05, 0.1) is 0 Å². The summed E-state index contributed by atoms with van der Waals surface area (Å²) in [5, 5.41) is 0. The molecule has 0 aliphatic carbocycles. The molecule has 2 aromatic rings.